The smallest absolute Gasteiger partial charge is 0.303 e. The second-order valence-electron chi connectivity index (χ2n) is 13.1. The van der Waals surface area contributed by atoms with Gasteiger partial charge in [-0.1, -0.05) is 31.6 Å². The van der Waals surface area contributed by atoms with Crippen LogP contribution in [0.15, 0.2) is 24.3 Å². The van der Waals surface area contributed by atoms with Gasteiger partial charge in [-0.3, -0.25) is 9.59 Å². The zero-order valence-electron chi connectivity index (χ0n) is 23.8. The third-order valence-corrected chi connectivity index (χ3v) is 11.1. The van der Waals surface area contributed by atoms with E-state index in [4.69, 9.17) is 18.9 Å². The van der Waals surface area contributed by atoms with Crippen molar-refractivity contribution in [2.24, 2.45) is 34.5 Å². The van der Waals surface area contributed by atoms with E-state index in [1.54, 1.807) is 0 Å². The first kappa shape index (κ1) is 28.8. The maximum atomic E-state index is 11.6. The Morgan fingerprint density at radius 3 is 2.54 bits per heavy atom. The fraction of sp³-hybridized carbons (Fsp3) is 0.806. The summed E-state index contributed by atoms with van der Waals surface area (Å²) in [5.74, 6) is 1.64. The molecular weight excluding hydrogens is 500 g/mol. The van der Waals surface area contributed by atoms with Crippen molar-refractivity contribution in [3.05, 3.63) is 24.3 Å². The fourth-order valence-electron chi connectivity index (χ4n) is 9.05. The Bertz CT molecular complexity index is 993. The van der Waals surface area contributed by atoms with Gasteiger partial charge in [-0.15, -0.1) is 6.58 Å². The van der Waals surface area contributed by atoms with Crippen LogP contribution < -0.4 is 0 Å². The SMILES string of the molecule is C=C[C@H]1CC[C@@H]2[C@@H]3CC=C4C[C@@H](O[C@@H]5O[C@H](COC(C)=O)[C@@H](OC(C)=O)[C@H](O)[C@H]5O)CC[C@]4(C)[C@H]3CC[C@@]21C. The molecule has 1 heterocycles. The summed E-state index contributed by atoms with van der Waals surface area (Å²) < 4.78 is 22.5. The van der Waals surface area contributed by atoms with E-state index in [0.717, 1.165) is 37.5 Å². The molecule has 8 heteroatoms. The van der Waals surface area contributed by atoms with Crippen molar-refractivity contribution < 1.29 is 38.7 Å². The highest BCUT2D eigenvalue weighted by molar-refractivity contribution is 5.66. The summed E-state index contributed by atoms with van der Waals surface area (Å²) >= 11 is 0. The van der Waals surface area contributed by atoms with Crippen molar-refractivity contribution >= 4 is 11.9 Å². The van der Waals surface area contributed by atoms with Crippen LogP contribution in [0.2, 0.25) is 0 Å². The highest BCUT2D eigenvalue weighted by atomic mass is 16.7. The van der Waals surface area contributed by atoms with Gasteiger partial charge in [-0.25, -0.2) is 0 Å². The van der Waals surface area contributed by atoms with Gasteiger partial charge < -0.3 is 29.2 Å². The summed E-state index contributed by atoms with van der Waals surface area (Å²) in [7, 11) is 0. The average Bonchev–Trinajstić information content (AvgIpc) is 3.23. The predicted octanol–water partition coefficient (Wildman–Crippen LogP) is 4.08. The molecule has 0 unspecified atom stereocenters. The minimum atomic E-state index is -1.43. The van der Waals surface area contributed by atoms with Crippen LogP contribution in [0.1, 0.15) is 79.1 Å². The Morgan fingerprint density at radius 2 is 1.85 bits per heavy atom. The Morgan fingerprint density at radius 1 is 1.08 bits per heavy atom. The van der Waals surface area contributed by atoms with Crippen LogP contribution in [0, 0.1) is 34.5 Å². The second kappa shape index (κ2) is 10.9. The van der Waals surface area contributed by atoms with Crippen molar-refractivity contribution in [2.75, 3.05) is 6.61 Å². The minimum absolute atomic E-state index is 0.153. The van der Waals surface area contributed by atoms with E-state index in [1.807, 2.05) is 0 Å². The summed E-state index contributed by atoms with van der Waals surface area (Å²) in [6.07, 6.45) is 7.25. The van der Waals surface area contributed by atoms with E-state index in [2.05, 4.69) is 32.6 Å². The lowest BCUT2D eigenvalue weighted by Gasteiger charge is -2.58. The molecular formula is C31H46O8. The highest BCUT2D eigenvalue weighted by Crippen LogP contribution is 2.66. The number of aliphatic hydroxyl groups excluding tert-OH is 2. The summed E-state index contributed by atoms with van der Waals surface area (Å²) in [6, 6.07) is 0. The molecule has 2 N–H and O–H groups in total. The lowest BCUT2D eigenvalue weighted by molar-refractivity contribution is -0.315. The summed E-state index contributed by atoms with van der Waals surface area (Å²) in [6.45, 7) is 11.4. The molecule has 0 aromatic carbocycles. The number of rotatable bonds is 6. The molecule has 5 aliphatic rings. The Kier molecular flexibility index (Phi) is 8.06. The van der Waals surface area contributed by atoms with Crippen molar-refractivity contribution in [1.82, 2.24) is 0 Å². The molecule has 218 valence electrons. The van der Waals surface area contributed by atoms with Crippen LogP contribution in [0.4, 0.5) is 0 Å². The average molecular weight is 547 g/mol. The quantitative estimate of drug-likeness (QED) is 0.379. The molecule has 39 heavy (non-hydrogen) atoms. The molecule has 0 aromatic rings. The number of carbonyl (C=O) groups is 2. The van der Waals surface area contributed by atoms with Gasteiger partial charge in [0.25, 0.3) is 0 Å². The third kappa shape index (κ3) is 5.11. The summed E-state index contributed by atoms with van der Waals surface area (Å²) in [5, 5.41) is 21.6. The molecule has 12 atom stereocenters. The molecule has 0 bridgehead atoms. The monoisotopic (exact) mass is 546 g/mol. The van der Waals surface area contributed by atoms with Crippen LogP contribution in [0.25, 0.3) is 0 Å². The summed E-state index contributed by atoms with van der Waals surface area (Å²) in [4.78, 5) is 23.0. The predicted molar refractivity (Wildman–Crippen MR) is 143 cm³/mol. The largest absolute Gasteiger partial charge is 0.463 e. The molecule has 4 aliphatic carbocycles. The molecule has 0 amide bonds. The molecule has 3 saturated carbocycles. The highest BCUT2D eigenvalue weighted by Gasteiger charge is 2.58. The molecule has 1 aliphatic heterocycles. The maximum Gasteiger partial charge on any atom is 0.303 e. The van der Waals surface area contributed by atoms with Gasteiger partial charge in [0.15, 0.2) is 12.4 Å². The van der Waals surface area contributed by atoms with E-state index in [9.17, 15) is 19.8 Å². The van der Waals surface area contributed by atoms with Gasteiger partial charge in [-0.05, 0) is 85.9 Å². The molecule has 0 aromatic heterocycles. The molecule has 5 rings (SSSR count). The first-order chi connectivity index (χ1) is 18.5. The lowest BCUT2D eigenvalue weighted by atomic mass is 9.47. The number of allylic oxidation sites excluding steroid dienone is 2. The number of hydrogen-bond acceptors (Lipinski definition) is 8. The number of esters is 2. The number of aliphatic hydroxyl groups is 2. The Labute approximate surface area is 232 Å². The van der Waals surface area contributed by atoms with E-state index in [-0.39, 0.29) is 18.1 Å². The van der Waals surface area contributed by atoms with E-state index < -0.39 is 42.6 Å². The minimum Gasteiger partial charge on any atom is -0.463 e. The topological polar surface area (TPSA) is 112 Å². The van der Waals surface area contributed by atoms with Crippen molar-refractivity contribution in [3.8, 4) is 0 Å². The van der Waals surface area contributed by atoms with Crippen LogP contribution in [-0.4, -0.2) is 65.6 Å². The number of carbonyl (C=O) groups excluding carboxylic acids is 2. The third-order valence-electron chi connectivity index (χ3n) is 11.1. The fourth-order valence-corrected chi connectivity index (χ4v) is 9.05. The van der Waals surface area contributed by atoms with E-state index in [0.29, 0.717) is 17.3 Å². The van der Waals surface area contributed by atoms with Crippen molar-refractivity contribution in [3.63, 3.8) is 0 Å². The standard InChI is InChI=1S/C31H46O8/c1-6-19-8-10-23-22-9-7-20-15-21(11-13-31(20,5)24(22)12-14-30(19,23)4)38-29-27(35)26(34)28(37-18(3)33)25(39-29)16-36-17(2)32/h6-7,19,21-29,34-35H,1,8-16H2,2-5H3/t19-,21-,22-,23+,24-,25+,26+,27+,28+,29+,30+,31-/m0/s1. The maximum absolute atomic E-state index is 11.6. The van der Waals surface area contributed by atoms with Crippen LogP contribution in [-0.2, 0) is 28.5 Å². The van der Waals surface area contributed by atoms with Gasteiger partial charge in [0.2, 0.25) is 0 Å². The molecule has 4 fully saturated rings. The number of ether oxygens (including phenoxy) is 4. The van der Waals surface area contributed by atoms with Crippen molar-refractivity contribution in [2.45, 2.75) is 116 Å². The van der Waals surface area contributed by atoms with Gasteiger partial charge in [0, 0.05) is 13.8 Å². The number of hydrogen-bond donors (Lipinski definition) is 2. The van der Waals surface area contributed by atoms with Gasteiger partial charge in [0.05, 0.1) is 6.10 Å². The zero-order chi connectivity index (χ0) is 28.1. The van der Waals surface area contributed by atoms with Crippen LogP contribution >= 0.6 is 0 Å². The first-order valence-corrected chi connectivity index (χ1v) is 14.8. The second-order valence-corrected chi connectivity index (χ2v) is 13.1. The van der Waals surface area contributed by atoms with E-state index in [1.165, 1.54) is 45.1 Å². The lowest BCUT2D eigenvalue weighted by Crippen LogP contribution is -2.61. The van der Waals surface area contributed by atoms with Gasteiger partial charge >= 0.3 is 11.9 Å². The Hall–Kier alpha value is -1.74. The van der Waals surface area contributed by atoms with Gasteiger partial charge in [-0.2, -0.15) is 0 Å². The van der Waals surface area contributed by atoms with Crippen LogP contribution in [0.3, 0.4) is 0 Å². The normalized spacial score (nSPS) is 47.2. The summed E-state index contributed by atoms with van der Waals surface area (Å²) in [5.41, 5.74) is 1.98. The van der Waals surface area contributed by atoms with Crippen LogP contribution in [0.5, 0.6) is 0 Å². The molecule has 0 radical (unpaired) electrons. The van der Waals surface area contributed by atoms with E-state index >= 15 is 0 Å². The molecule has 1 saturated heterocycles. The van der Waals surface area contributed by atoms with Crippen molar-refractivity contribution in [1.29, 1.82) is 0 Å². The number of fused-ring (bicyclic) bond motifs is 5. The Balaban J connectivity index is 1.27. The van der Waals surface area contributed by atoms with Gasteiger partial charge in [0.1, 0.15) is 24.9 Å². The zero-order valence-corrected chi connectivity index (χ0v) is 23.8. The molecule has 0 spiro atoms. The molecule has 8 nitrogen and oxygen atoms in total. The first-order valence-electron chi connectivity index (χ1n) is 14.8.